The van der Waals surface area contributed by atoms with Gasteiger partial charge in [0.25, 0.3) is 0 Å². The van der Waals surface area contributed by atoms with Gasteiger partial charge in [0.15, 0.2) is 0 Å². The molecule has 0 amide bonds. The van der Waals surface area contributed by atoms with Gasteiger partial charge in [-0.3, -0.25) is 4.98 Å². The van der Waals surface area contributed by atoms with Gasteiger partial charge in [-0.15, -0.1) is 0 Å². The van der Waals surface area contributed by atoms with Crippen LogP contribution in [0.2, 0.25) is 0 Å². The third kappa shape index (κ3) is 2.70. The van der Waals surface area contributed by atoms with Gasteiger partial charge in [0.05, 0.1) is 6.04 Å². The number of benzene rings is 1. The predicted octanol–water partition coefficient (Wildman–Crippen LogP) is 1.85. The molecular formula is C14H17N3. The number of nitrogens with one attached hydrogen (secondary N) is 1. The van der Waals surface area contributed by atoms with Crippen LogP contribution in [-0.4, -0.2) is 12.0 Å². The molecule has 3 nitrogen and oxygen atoms in total. The molecule has 1 unspecified atom stereocenters. The van der Waals surface area contributed by atoms with E-state index < -0.39 is 0 Å². The van der Waals surface area contributed by atoms with E-state index in [1.54, 1.807) is 6.20 Å². The number of aromatic nitrogens is 1. The average molecular weight is 227 g/mol. The van der Waals surface area contributed by atoms with E-state index in [4.69, 9.17) is 5.73 Å². The molecule has 0 aliphatic carbocycles. The van der Waals surface area contributed by atoms with Crippen LogP contribution in [0, 0.1) is 0 Å². The van der Waals surface area contributed by atoms with Gasteiger partial charge in [0.1, 0.15) is 0 Å². The van der Waals surface area contributed by atoms with Crippen LogP contribution in [-0.2, 0) is 6.54 Å². The lowest BCUT2D eigenvalue weighted by Gasteiger charge is -2.17. The summed E-state index contributed by atoms with van der Waals surface area (Å²) in [5.74, 6) is 0. The van der Waals surface area contributed by atoms with Crippen molar-refractivity contribution in [3.8, 4) is 0 Å². The van der Waals surface area contributed by atoms with Crippen molar-refractivity contribution in [2.45, 2.75) is 12.6 Å². The monoisotopic (exact) mass is 227 g/mol. The fraction of sp³-hybridized carbons (Fsp3) is 0.214. The SMILES string of the molecule is CNC(c1cccnc1)c1cccc(CN)c1. The first-order valence-corrected chi connectivity index (χ1v) is 5.71. The van der Waals surface area contributed by atoms with Crippen molar-refractivity contribution in [2.75, 3.05) is 7.05 Å². The maximum atomic E-state index is 5.67. The first-order valence-electron chi connectivity index (χ1n) is 5.71. The zero-order chi connectivity index (χ0) is 12.1. The number of pyridine rings is 1. The second kappa shape index (κ2) is 5.57. The van der Waals surface area contributed by atoms with Crippen LogP contribution in [0.3, 0.4) is 0 Å². The summed E-state index contributed by atoms with van der Waals surface area (Å²) in [7, 11) is 1.95. The summed E-state index contributed by atoms with van der Waals surface area (Å²) in [6.45, 7) is 0.567. The molecule has 1 atom stereocenters. The van der Waals surface area contributed by atoms with Gasteiger partial charge < -0.3 is 11.1 Å². The number of hydrogen-bond donors (Lipinski definition) is 2. The van der Waals surface area contributed by atoms with Crippen molar-refractivity contribution in [3.05, 3.63) is 65.5 Å². The van der Waals surface area contributed by atoms with Crippen LogP contribution in [0.25, 0.3) is 0 Å². The first kappa shape index (κ1) is 11.8. The van der Waals surface area contributed by atoms with Crippen molar-refractivity contribution >= 4 is 0 Å². The Hall–Kier alpha value is -1.71. The van der Waals surface area contributed by atoms with Gasteiger partial charge in [-0.25, -0.2) is 0 Å². The zero-order valence-electron chi connectivity index (χ0n) is 9.93. The highest BCUT2D eigenvalue weighted by Crippen LogP contribution is 2.21. The largest absolute Gasteiger partial charge is 0.326 e. The van der Waals surface area contributed by atoms with Crippen molar-refractivity contribution in [2.24, 2.45) is 5.73 Å². The van der Waals surface area contributed by atoms with Crippen molar-refractivity contribution < 1.29 is 0 Å². The van der Waals surface area contributed by atoms with Crippen LogP contribution < -0.4 is 11.1 Å². The minimum Gasteiger partial charge on any atom is -0.326 e. The van der Waals surface area contributed by atoms with Gasteiger partial charge >= 0.3 is 0 Å². The van der Waals surface area contributed by atoms with Crippen LogP contribution >= 0.6 is 0 Å². The molecule has 0 saturated heterocycles. The van der Waals surface area contributed by atoms with E-state index in [1.807, 2.05) is 31.4 Å². The molecule has 2 rings (SSSR count). The van der Waals surface area contributed by atoms with Crippen molar-refractivity contribution in [1.82, 2.24) is 10.3 Å². The second-order valence-electron chi connectivity index (χ2n) is 3.96. The molecular weight excluding hydrogens is 210 g/mol. The highest BCUT2D eigenvalue weighted by Gasteiger charge is 2.11. The summed E-state index contributed by atoms with van der Waals surface area (Å²) >= 11 is 0. The molecule has 17 heavy (non-hydrogen) atoms. The standard InChI is InChI=1S/C14H17N3/c1-16-14(13-6-3-7-17-10-13)12-5-2-4-11(8-12)9-15/h2-8,10,14,16H,9,15H2,1H3. The maximum absolute atomic E-state index is 5.67. The minimum absolute atomic E-state index is 0.162. The molecule has 0 spiro atoms. The van der Waals surface area contributed by atoms with Gasteiger partial charge in [0, 0.05) is 18.9 Å². The highest BCUT2D eigenvalue weighted by molar-refractivity contribution is 5.33. The Bertz CT molecular complexity index is 468. The number of rotatable bonds is 4. The molecule has 1 aromatic carbocycles. The topological polar surface area (TPSA) is 50.9 Å². The summed E-state index contributed by atoms with van der Waals surface area (Å²) in [6.07, 6.45) is 3.67. The summed E-state index contributed by atoms with van der Waals surface area (Å²) in [5, 5.41) is 3.31. The summed E-state index contributed by atoms with van der Waals surface area (Å²) < 4.78 is 0. The van der Waals surface area contributed by atoms with E-state index in [0.29, 0.717) is 6.54 Å². The summed E-state index contributed by atoms with van der Waals surface area (Å²) in [4.78, 5) is 4.16. The summed E-state index contributed by atoms with van der Waals surface area (Å²) in [6, 6.07) is 12.5. The Kier molecular flexibility index (Phi) is 3.85. The fourth-order valence-electron chi connectivity index (χ4n) is 1.97. The minimum atomic E-state index is 0.162. The molecule has 88 valence electrons. The Morgan fingerprint density at radius 2 is 2.06 bits per heavy atom. The maximum Gasteiger partial charge on any atom is 0.0589 e. The lowest BCUT2D eigenvalue weighted by atomic mass is 9.98. The van der Waals surface area contributed by atoms with Crippen molar-refractivity contribution in [1.29, 1.82) is 0 Å². The quantitative estimate of drug-likeness (QED) is 0.838. The van der Waals surface area contributed by atoms with E-state index in [1.165, 1.54) is 5.56 Å². The third-order valence-corrected chi connectivity index (χ3v) is 2.83. The van der Waals surface area contributed by atoms with E-state index in [2.05, 4.69) is 28.5 Å². The fourth-order valence-corrected chi connectivity index (χ4v) is 1.97. The highest BCUT2D eigenvalue weighted by atomic mass is 14.9. The molecule has 2 aromatic rings. The second-order valence-corrected chi connectivity index (χ2v) is 3.96. The molecule has 0 radical (unpaired) electrons. The van der Waals surface area contributed by atoms with Crippen LogP contribution in [0.5, 0.6) is 0 Å². The van der Waals surface area contributed by atoms with Gasteiger partial charge in [-0.1, -0.05) is 30.3 Å². The van der Waals surface area contributed by atoms with E-state index >= 15 is 0 Å². The third-order valence-electron chi connectivity index (χ3n) is 2.83. The van der Waals surface area contributed by atoms with Gasteiger partial charge in [-0.2, -0.15) is 0 Å². The number of hydrogen-bond acceptors (Lipinski definition) is 3. The Labute approximate surface area is 102 Å². The smallest absolute Gasteiger partial charge is 0.0589 e. The molecule has 0 aliphatic heterocycles. The lowest BCUT2D eigenvalue weighted by molar-refractivity contribution is 0.687. The molecule has 0 saturated carbocycles. The molecule has 0 aliphatic rings. The van der Waals surface area contributed by atoms with Gasteiger partial charge in [-0.05, 0) is 29.8 Å². The van der Waals surface area contributed by atoms with Crippen LogP contribution in [0.1, 0.15) is 22.7 Å². The molecule has 1 aromatic heterocycles. The lowest BCUT2D eigenvalue weighted by Crippen LogP contribution is -2.18. The molecule has 3 N–H and O–H groups in total. The normalized spacial score (nSPS) is 12.4. The Morgan fingerprint density at radius 3 is 2.71 bits per heavy atom. The summed E-state index contributed by atoms with van der Waals surface area (Å²) in [5.41, 5.74) is 9.18. The average Bonchev–Trinajstić information content (AvgIpc) is 2.41. The number of nitrogens with two attached hydrogens (primary N) is 1. The van der Waals surface area contributed by atoms with Crippen LogP contribution in [0.15, 0.2) is 48.8 Å². The van der Waals surface area contributed by atoms with E-state index in [-0.39, 0.29) is 6.04 Å². The predicted molar refractivity (Wildman–Crippen MR) is 69.5 cm³/mol. The molecule has 0 fully saturated rings. The Morgan fingerprint density at radius 1 is 1.24 bits per heavy atom. The molecule has 0 bridgehead atoms. The molecule has 1 heterocycles. The number of nitrogens with zero attached hydrogens (tertiary/aromatic N) is 1. The van der Waals surface area contributed by atoms with E-state index in [9.17, 15) is 0 Å². The van der Waals surface area contributed by atoms with Gasteiger partial charge in [0.2, 0.25) is 0 Å². The van der Waals surface area contributed by atoms with Crippen LogP contribution in [0.4, 0.5) is 0 Å². The van der Waals surface area contributed by atoms with E-state index in [0.717, 1.165) is 11.1 Å². The molecule has 3 heteroatoms. The van der Waals surface area contributed by atoms with Crippen molar-refractivity contribution in [3.63, 3.8) is 0 Å². The Balaban J connectivity index is 2.35. The first-order chi connectivity index (χ1) is 8.35. The zero-order valence-corrected chi connectivity index (χ0v) is 9.93.